The van der Waals surface area contributed by atoms with Gasteiger partial charge in [0.1, 0.15) is 5.75 Å². The largest absolute Gasteiger partial charge is 0.493 e. The Morgan fingerprint density at radius 1 is 1.20 bits per heavy atom. The summed E-state index contributed by atoms with van der Waals surface area (Å²) in [6.45, 7) is 4.48. The van der Waals surface area contributed by atoms with E-state index in [4.69, 9.17) is 9.47 Å². The van der Waals surface area contributed by atoms with Crippen LogP contribution in [-0.4, -0.2) is 39.4 Å². The van der Waals surface area contributed by atoms with Crippen LogP contribution in [0.5, 0.6) is 5.75 Å². The summed E-state index contributed by atoms with van der Waals surface area (Å²) >= 11 is 0. The molecule has 25 heavy (non-hydrogen) atoms. The van der Waals surface area contributed by atoms with Gasteiger partial charge in [-0.05, 0) is 49.3 Å². The highest BCUT2D eigenvalue weighted by molar-refractivity contribution is 5.79. The number of nitrogens with zero attached hydrogens (tertiary/aromatic N) is 1. The van der Waals surface area contributed by atoms with E-state index in [1.54, 1.807) is 7.11 Å². The van der Waals surface area contributed by atoms with E-state index in [0.29, 0.717) is 12.6 Å². The number of aliphatic imine (C=N–C) groups is 1. The average molecular weight is 348 g/mol. The van der Waals surface area contributed by atoms with Gasteiger partial charge in [0.2, 0.25) is 0 Å². The maximum atomic E-state index is 5.76. The molecule has 1 saturated carbocycles. The maximum Gasteiger partial charge on any atom is 0.191 e. The standard InChI is InChI=1S/C20H33N3O2/c1-16-8-10-18(11-9-16)23-20(21-2)22-15-17-6-4-7-19(14-17)25-13-5-12-24-3/h4,6-7,14,16,18H,5,8-13,15H2,1-3H3,(H2,21,22,23). The Morgan fingerprint density at radius 2 is 2.00 bits per heavy atom. The molecule has 0 bridgehead atoms. The summed E-state index contributed by atoms with van der Waals surface area (Å²) in [4.78, 5) is 4.36. The summed E-state index contributed by atoms with van der Waals surface area (Å²) in [5.41, 5.74) is 1.18. The van der Waals surface area contributed by atoms with Crippen LogP contribution in [0.4, 0.5) is 0 Å². The van der Waals surface area contributed by atoms with Crippen molar-refractivity contribution in [3.63, 3.8) is 0 Å². The van der Waals surface area contributed by atoms with E-state index >= 15 is 0 Å². The number of benzene rings is 1. The molecule has 5 heteroatoms. The molecule has 0 radical (unpaired) electrons. The second kappa shape index (κ2) is 11.0. The molecule has 1 aromatic rings. The number of rotatable bonds is 8. The molecule has 1 fully saturated rings. The molecular formula is C20H33N3O2. The first-order chi connectivity index (χ1) is 12.2. The number of nitrogens with one attached hydrogen (secondary N) is 2. The topological polar surface area (TPSA) is 54.9 Å². The van der Waals surface area contributed by atoms with Crippen LogP contribution in [-0.2, 0) is 11.3 Å². The van der Waals surface area contributed by atoms with Gasteiger partial charge in [-0.1, -0.05) is 19.1 Å². The van der Waals surface area contributed by atoms with Crippen LogP contribution in [0.2, 0.25) is 0 Å². The van der Waals surface area contributed by atoms with Crippen LogP contribution in [0.15, 0.2) is 29.3 Å². The van der Waals surface area contributed by atoms with Crippen molar-refractivity contribution in [2.24, 2.45) is 10.9 Å². The summed E-state index contributed by atoms with van der Waals surface area (Å²) in [6, 6.07) is 8.74. The lowest BCUT2D eigenvalue weighted by Crippen LogP contribution is -2.44. The number of guanidine groups is 1. The zero-order chi connectivity index (χ0) is 17.9. The summed E-state index contributed by atoms with van der Waals surface area (Å²) in [6.07, 6.45) is 5.96. The van der Waals surface area contributed by atoms with E-state index in [1.807, 2.05) is 19.2 Å². The maximum absolute atomic E-state index is 5.76. The monoisotopic (exact) mass is 347 g/mol. The third-order valence-electron chi connectivity index (χ3n) is 4.70. The molecule has 0 aliphatic heterocycles. The van der Waals surface area contributed by atoms with Gasteiger partial charge in [-0.25, -0.2) is 0 Å². The first-order valence-corrected chi connectivity index (χ1v) is 9.39. The van der Waals surface area contributed by atoms with E-state index in [2.05, 4.69) is 34.7 Å². The van der Waals surface area contributed by atoms with Gasteiger partial charge in [0, 0.05) is 39.8 Å². The lowest BCUT2D eigenvalue weighted by Gasteiger charge is -2.28. The minimum absolute atomic E-state index is 0.540. The van der Waals surface area contributed by atoms with Gasteiger partial charge in [0.25, 0.3) is 0 Å². The van der Waals surface area contributed by atoms with Crippen molar-refractivity contribution in [2.45, 2.75) is 51.6 Å². The van der Waals surface area contributed by atoms with Crippen LogP contribution in [0.25, 0.3) is 0 Å². The fraction of sp³-hybridized carbons (Fsp3) is 0.650. The van der Waals surface area contributed by atoms with Gasteiger partial charge in [-0.15, -0.1) is 0 Å². The molecule has 1 aliphatic rings. The van der Waals surface area contributed by atoms with Gasteiger partial charge in [-0.3, -0.25) is 4.99 Å². The van der Waals surface area contributed by atoms with E-state index < -0.39 is 0 Å². The molecule has 0 atom stereocenters. The molecule has 1 aromatic carbocycles. The van der Waals surface area contributed by atoms with Crippen LogP contribution >= 0.6 is 0 Å². The first-order valence-electron chi connectivity index (χ1n) is 9.39. The zero-order valence-corrected chi connectivity index (χ0v) is 15.9. The van der Waals surface area contributed by atoms with Gasteiger partial charge in [-0.2, -0.15) is 0 Å². The lowest BCUT2D eigenvalue weighted by molar-refractivity contribution is 0.172. The Morgan fingerprint density at radius 3 is 2.72 bits per heavy atom. The number of methoxy groups -OCH3 is 1. The fourth-order valence-electron chi connectivity index (χ4n) is 3.12. The van der Waals surface area contributed by atoms with Crippen LogP contribution < -0.4 is 15.4 Å². The molecule has 2 rings (SSSR count). The molecular weight excluding hydrogens is 314 g/mol. The SMILES string of the molecule is CN=C(NCc1cccc(OCCCOC)c1)NC1CCC(C)CC1. The predicted molar refractivity (Wildman–Crippen MR) is 103 cm³/mol. The second-order valence-corrected chi connectivity index (χ2v) is 6.87. The highest BCUT2D eigenvalue weighted by Crippen LogP contribution is 2.23. The average Bonchev–Trinajstić information content (AvgIpc) is 2.64. The molecule has 140 valence electrons. The molecule has 0 aromatic heterocycles. The van der Waals surface area contributed by atoms with E-state index in [-0.39, 0.29) is 0 Å². The Bertz CT molecular complexity index is 525. The van der Waals surface area contributed by atoms with Crippen molar-refractivity contribution in [3.05, 3.63) is 29.8 Å². The Hall–Kier alpha value is -1.75. The molecule has 0 amide bonds. The van der Waals surface area contributed by atoms with Crippen LogP contribution in [0, 0.1) is 5.92 Å². The first kappa shape index (κ1) is 19.6. The Balaban J connectivity index is 1.76. The van der Waals surface area contributed by atoms with Crippen molar-refractivity contribution in [1.29, 1.82) is 0 Å². The smallest absolute Gasteiger partial charge is 0.191 e. The molecule has 0 heterocycles. The van der Waals surface area contributed by atoms with Crippen LogP contribution in [0.3, 0.4) is 0 Å². The summed E-state index contributed by atoms with van der Waals surface area (Å²) < 4.78 is 10.8. The van der Waals surface area contributed by atoms with Crippen LogP contribution in [0.1, 0.15) is 44.6 Å². The quantitative estimate of drug-likeness (QED) is 0.430. The molecule has 0 unspecified atom stereocenters. The highest BCUT2D eigenvalue weighted by Gasteiger charge is 2.18. The number of hydrogen-bond acceptors (Lipinski definition) is 3. The van der Waals surface area contributed by atoms with Gasteiger partial charge in [0.05, 0.1) is 6.61 Å². The minimum Gasteiger partial charge on any atom is -0.493 e. The molecule has 0 spiro atoms. The highest BCUT2D eigenvalue weighted by atomic mass is 16.5. The summed E-state index contributed by atoms with van der Waals surface area (Å²) in [5, 5.41) is 6.96. The van der Waals surface area contributed by atoms with E-state index in [0.717, 1.165) is 37.2 Å². The van der Waals surface area contributed by atoms with E-state index in [9.17, 15) is 0 Å². The summed E-state index contributed by atoms with van der Waals surface area (Å²) in [5.74, 6) is 2.64. The predicted octanol–water partition coefficient (Wildman–Crippen LogP) is 3.35. The second-order valence-electron chi connectivity index (χ2n) is 6.87. The number of ether oxygens (including phenoxy) is 2. The third-order valence-corrected chi connectivity index (χ3v) is 4.70. The Labute approximate surface area is 152 Å². The van der Waals surface area contributed by atoms with Gasteiger partial charge < -0.3 is 20.1 Å². The minimum atomic E-state index is 0.540. The van der Waals surface area contributed by atoms with Crippen molar-refractivity contribution >= 4 is 5.96 Å². The lowest BCUT2D eigenvalue weighted by atomic mass is 9.87. The van der Waals surface area contributed by atoms with Gasteiger partial charge >= 0.3 is 0 Å². The molecule has 5 nitrogen and oxygen atoms in total. The molecule has 1 aliphatic carbocycles. The summed E-state index contributed by atoms with van der Waals surface area (Å²) in [7, 11) is 3.54. The Kier molecular flexibility index (Phi) is 8.60. The van der Waals surface area contributed by atoms with Crippen molar-refractivity contribution < 1.29 is 9.47 Å². The van der Waals surface area contributed by atoms with Crippen molar-refractivity contribution in [3.8, 4) is 5.75 Å². The van der Waals surface area contributed by atoms with Gasteiger partial charge in [0.15, 0.2) is 5.96 Å². The zero-order valence-electron chi connectivity index (χ0n) is 15.9. The molecule has 0 saturated heterocycles. The van der Waals surface area contributed by atoms with Crippen molar-refractivity contribution in [1.82, 2.24) is 10.6 Å². The van der Waals surface area contributed by atoms with E-state index in [1.165, 1.54) is 31.2 Å². The normalized spacial score (nSPS) is 21.0. The molecule has 2 N–H and O–H groups in total. The third kappa shape index (κ3) is 7.34. The fourth-order valence-corrected chi connectivity index (χ4v) is 3.12. The van der Waals surface area contributed by atoms with Crippen molar-refractivity contribution in [2.75, 3.05) is 27.4 Å². The number of hydrogen-bond donors (Lipinski definition) is 2.